The maximum absolute atomic E-state index is 12.8. The van der Waals surface area contributed by atoms with Crippen LogP contribution in [0.25, 0.3) is 11.1 Å². The van der Waals surface area contributed by atoms with Crippen molar-refractivity contribution in [2.24, 2.45) is 5.92 Å². The van der Waals surface area contributed by atoms with Crippen LogP contribution in [0.1, 0.15) is 25.0 Å². The van der Waals surface area contributed by atoms with E-state index < -0.39 is 11.7 Å². The van der Waals surface area contributed by atoms with Crippen molar-refractivity contribution < 1.29 is 13.2 Å². The van der Waals surface area contributed by atoms with Crippen molar-refractivity contribution in [1.29, 1.82) is 5.26 Å². The molecule has 21 heavy (non-hydrogen) atoms. The van der Waals surface area contributed by atoms with Gasteiger partial charge in [0.1, 0.15) is 0 Å². The summed E-state index contributed by atoms with van der Waals surface area (Å²) in [6.45, 7) is 4.74. The number of hydrogen-bond acceptors (Lipinski definition) is 2. The van der Waals surface area contributed by atoms with E-state index in [1.54, 1.807) is 16.9 Å². The largest absolute Gasteiger partial charge is 0.416 e. The summed E-state index contributed by atoms with van der Waals surface area (Å²) >= 11 is 0. The van der Waals surface area contributed by atoms with Crippen LogP contribution < -0.4 is 0 Å². The Bertz CT molecular complexity index is 678. The minimum absolute atomic E-state index is 0.0172. The zero-order valence-electron chi connectivity index (χ0n) is 11.6. The van der Waals surface area contributed by atoms with E-state index in [0.29, 0.717) is 23.6 Å². The molecule has 2 aromatic rings. The molecule has 6 heteroatoms. The summed E-state index contributed by atoms with van der Waals surface area (Å²) in [5.74, 6) is 0.383. The topological polar surface area (TPSA) is 41.6 Å². The van der Waals surface area contributed by atoms with Crippen molar-refractivity contribution in [2.45, 2.75) is 26.6 Å². The van der Waals surface area contributed by atoms with E-state index in [2.05, 4.69) is 5.10 Å². The second-order valence-electron chi connectivity index (χ2n) is 5.25. The number of alkyl halides is 3. The van der Waals surface area contributed by atoms with Crippen LogP contribution in [0.2, 0.25) is 0 Å². The van der Waals surface area contributed by atoms with Gasteiger partial charge in [0.2, 0.25) is 0 Å². The highest BCUT2D eigenvalue weighted by Gasteiger charge is 2.31. The zero-order chi connectivity index (χ0) is 15.6. The van der Waals surface area contributed by atoms with Crippen LogP contribution in [-0.2, 0) is 12.7 Å². The Labute approximate surface area is 120 Å². The number of nitrogens with zero attached hydrogens (tertiary/aromatic N) is 3. The second kappa shape index (κ2) is 5.60. The lowest BCUT2D eigenvalue weighted by Gasteiger charge is -2.09. The van der Waals surface area contributed by atoms with Gasteiger partial charge in [0, 0.05) is 18.3 Å². The Morgan fingerprint density at radius 2 is 1.95 bits per heavy atom. The lowest BCUT2D eigenvalue weighted by Crippen LogP contribution is -2.05. The smallest absolute Gasteiger partial charge is 0.272 e. The average Bonchev–Trinajstić information content (AvgIpc) is 2.84. The molecule has 0 unspecified atom stereocenters. The second-order valence-corrected chi connectivity index (χ2v) is 5.25. The van der Waals surface area contributed by atoms with Crippen molar-refractivity contribution in [3.8, 4) is 17.2 Å². The van der Waals surface area contributed by atoms with Gasteiger partial charge in [-0.2, -0.15) is 23.5 Å². The fourth-order valence-electron chi connectivity index (χ4n) is 2.01. The first kappa shape index (κ1) is 15.1. The third kappa shape index (κ3) is 3.63. The Morgan fingerprint density at radius 3 is 2.52 bits per heavy atom. The van der Waals surface area contributed by atoms with Crippen LogP contribution in [-0.4, -0.2) is 9.78 Å². The lowest BCUT2D eigenvalue weighted by atomic mass is 10.0. The molecule has 1 heterocycles. The summed E-state index contributed by atoms with van der Waals surface area (Å²) in [6, 6.07) is 5.09. The molecule has 3 nitrogen and oxygen atoms in total. The van der Waals surface area contributed by atoms with Gasteiger partial charge in [0.15, 0.2) is 0 Å². The molecule has 0 aliphatic heterocycles. The van der Waals surface area contributed by atoms with Gasteiger partial charge in [-0.25, -0.2) is 0 Å². The summed E-state index contributed by atoms with van der Waals surface area (Å²) in [5.41, 5.74) is 0.0687. The lowest BCUT2D eigenvalue weighted by molar-refractivity contribution is -0.137. The highest BCUT2D eigenvalue weighted by Crippen LogP contribution is 2.33. The van der Waals surface area contributed by atoms with Gasteiger partial charge in [0.05, 0.1) is 23.4 Å². The van der Waals surface area contributed by atoms with Gasteiger partial charge in [-0.05, 0) is 29.7 Å². The van der Waals surface area contributed by atoms with Crippen molar-refractivity contribution in [3.05, 3.63) is 41.7 Å². The molecule has 110 valence electrons. The molecule has 2 rings (SSSR count). The average molecular weight is 293 g/mol. The summed E-state index contributed by atoms with van der Waals surface area (Å²) in [4.78, 5) is 0. The quantitative estimate of drug-likeness (QED) is 0.855. The zero-order valence-corrected chi connectivity index (χ0v) is 11.6. The molecule has 0 spiro atoms. The first-order valence-electron chi connectivity index (χ1n) is 6.45. The minimum atomic E-state index is -4.48. The predicted molar refractivity (Wildman–Crippen MR) is 72.2 cm³/mol. The first-order chi connectivity index (χ1) is 9.79. The van der Waals surface area contributed by atoms with E-state index >= 15 is 0 Å². The van der Waals surface area contributed by atoms with Crippen LogP contribution in [0, 0.1) is 17.2 Å². The summed E-state index contributed by atoms with van der Waals surface area (Å²) < 4.78 is 40.2. The van der Waals surface area contributed by atoms with Gasteiger partial charge in [-0.1, -0.05) is 13.8 Å². The number of hydrogen-bond donors (Lipinski definition) is 0. The number of rotatable bonds is 3. The Kier molecular flexibility index (Phi) is 4.03. The molecular weight excluding hydrogens is 279 g/mol. The highest BCUT2D eigenvalue weighted by atomic mass is 19.4. The van der Waals surface area contributed by atoms with Crippen molar-refractivity contribution >= 4 is 0 Å². The molecule has 0 aliphatic rings. The van der Waals surface area contributed by atoms with E-state index in [1.165, 1.54) is 12.3 Å². The molecular formula is C15H14F3N3. The molecule has 1 aromatic carbocycles. The first-order valence-corrected chi connectivity index (χ1v) is 6.45. The molecule has 0 N–H and O–H groups in total. The van der Waals surface area contributed by atoms with Crippen molar-refractivity contribution in [2.75, 3.05) is 0 Å². The molecule has 0 fully saturated rings. The van der Waals surface area contributed by atoms with Gasteiger partial charge in [-0.15, -0.1) is 0 Å². The maximum Gasteiger partial charge on any atom is 0.416 e. The molecule has 0 atom stereocenters. The van der Waals surface area contributed by atoms with E-state index in [0.717, 1.165) is 12.1 Å². The Hall–Kier alpha value is -2.29. The SMILES string of the molecule is CC(C)Cn1cc(-c2cc(C#N)cc(C(F)(F)F)c2)cn1. The van der Waals surface area contributed by atoms with Crippen molar-refractivity contribution in [3.63, 3.8) is 0 Å². The van der Waals surface area contributed by atoms with Gasteiger partial charge in [-0.3, -0.25) is 4.68 Å². The monoisotopic (exact) mass is 293 g/mol. The van der Waals surface area contributed by atoms with Gasteiger partial charge in [0.25, 0.3) is 0 Å². The van der Waals surface area contributed by atoms with E-state index in [1.807, 2.05) is 13.8 Å². The predicted octanol–water partition coefficient (Wildman–Crippen LogP) is 4.10. The Balaban J connectivity index is 2.44. The third-order valence-corrected chi connectivity index (χ3v) is 2.91. The minimum Gasteiger partial charge on any atom is -0.272 e. The fourth-order valence-corrected chi connectivity index (χ4v) is 2.01. The van der Waals surface area contributed by atoms with Gasteiger partial charge >= 0.3 is 6.18 Å². The summed E-state index contributed by atoms with van der Waals surface area (Å²) in [6.07, 6.45) is -1.27. The van der Waals surface area contributed by atoms with E-state index in [-0.39, 0.29) is 5.56 Å². The molecule has 0 aliphatic carbocycles. The van der Waals surface area contributed by atoms with Crippen molar-refractivity contribution in [1.82, 2.24) is 9.78 Å². The number of halogens is 3. The van der Waals surface area contributed by atoms with E-state index in [4.69, 9.17) is 5.26 Å². The third-order valence-electron chi connectivity index (χ3n) is 2.91. The van der Waals surface area contributed by atoms with Crippen LogP contribution in [0.4, 0.5) is 13.2 Å². The van der Waals surface area contributed by atoms with Crippen LogP contribution in [0.15, 0.2) is 30.6 Å². The molecule has 0 saturated carbocycles. The maximum atomic E-state index is 12.8. The molecule has 0 saturated heterocycles. The van der Waals surface area contributed by atoms with Crippen LogP contribution >= 0.6 is 0 Å². The molecule has 0 bridgehead atoms. The van der Waals surface area contributed by atoms with E-state index in [9.17, 15) is 13.2 Å². The van der Waals surface area contributed by atoms with Crippen LogP contribution in [0.5, 0.6) is 0 Å². The fraction of sp³-hybridized carbons (Fsp3) is 0.333. The summed E-state index contributed by atoms with van der Waals surface area (Å²) in [5, 5.41) is 13.0. The number of nitriles is 1. The molecule has 0 radical (unpaired) electrons. The highest BCUT2D eigenvalue weighted by molar-refractivity contribution is 5.65. The molecule has 1 aromatic heterocycles. The number of benzene rings is 1. The molecule has 0 amide bonds. The number of aromatic nitrogens is 2. The standard InChI is InChI=1S/C15H14F3N3/c1-10(2)8-21-9-13(7-20-21)12-3-11(6-19)4-14(5-12)15(16,17)18/h3-5,7,9-10H,8H2,1-2H3. The van der Waals surface area contributed by atoms with Crippen LogP contribution in [0.3, 0.4) is 0 Å². The van der Waals surface area contributed by atoms with Gasteiger partial charge < -0.3 is 0 Å². The Morgan fingerprint density at radius 1 is 1.24 bits per heavy atom. The normalized spacial score (nSPS) is 11.7. The summed E-state index contributed by atoms with van der Waals surface area (Å²) in [7, 11) is 0.